The molecule has 162 valence electrons. The summed E-state index contributed by atoms with van der Waals surface area (Å²) in [5.41, 5.74) is 3.62. The number of hydrogen-bond acceptors (Lipinski definition) is 4. The molecule has 2 N–H and O–H groups in total. The Morgan fingerprint density at radius 3 is 2.76 bits per heavy atom. The standard InChI is InChI=1S/C25H40N2O2/c1-17-8-11-25(16-28)18(14-17)4-5-19-20-6-7-22(24(20,2)10-9-21(19)25)23(29)15-27-13-3-12-26-27/h3,13,17-22,26,28H,4-12,14-16H2,1-2H3/t17-,18-,19-,20-,21?,22+,24-,25+/m0/s1. The van der Waals surface area contributed by atoms with E-state index >= 15 is 0 Å². The summed E-state index contributed by atoms with van der Waals surface area (Å²) < 4.78 is 0. The van der Waals surface area contributed by atoms with Gasteiger partial charge in [0.25, 0.3) is 0 Å². The van der Waals surface area contributed by atoms with Crippen molar-refractivity contribution >= 4 is 5.78 Å². The maximum Gasteiger partial charge on any atom is 0.157 e. The van der Waals surface area contributed by atoms with E-state index in [4.69, 9.17) is 0 Å². The Morgan fingerprint density at radius 2 is 2.00 bits per heavy atom. The van der Waals surface area contributed by atoms with Crippen molar-refractivity contribution in [1.29, 1.82) is 0 Å². The maximum absolute atomic E-state index is 13.2. The molecule has 4 saturated carbocycles. The highest BCUT2D eigenvalue weighted by Gasteiger charge is 2.62. The smallest absolute Gasteiger partial charge is 0.157 e. The number of carbonyl (C=O) groups excluding carboxylic acids is 1. The zero-order valence-corrected chi connectivity index (χ0v) is 18.4. The Morgan fingerprint density at radius 1 is 1.14 bits per heavy atom. The second kappa shape index (κ2) is 7.37. The van der Waals surface area contributed by atoms with E-state index in [9.17, 15) is 9.90 Å². The predicted octanol–water partition coefficient (Wildman–Crippen LogP) is 4.16. The average molecular weight is 401 g/mol. The first-order chi connectivity index (χ1) is 14.0. The number of aliphatic hydroxyl groups excluding tert-OH is 1. The fourth-order valence-electron chi connectivity index (χ4n) is 8.89. The Bertz CT molecular complexity index is 678. The molecule has 4 aliphatic carbocycles. The number of fused-ring (bicyclic) bond motifs is 5. The average Bonchev–Trinajstić information content (AvgIpc) is 3.34. The fourth-order valence-corrected chi connectivity index (χ4v) is 8.89. The fraction of sp³-hybridized carbons (Fsp3) is 0.880. The van der Waals surface area contributed by atoms with Gasteiger partial charge in [-0.25, -0.2) is 5.43 Å². The van der Waals surface area contributed by atoms with Gasteiger partial charge in [0, 0.05) is 25.3 Å². The highest BCUT2D eigenvalue weighted by atomic mass is 16.3. The van der Waals surface area contributed by atoms with Gasteiger partial charge in [-0.05, 0) is 91.8 Å². The van der Waals surface area contributed by atoms with Crippen LogP contribution in [0.1, 0.15) is 71.6 Å². The molecule has 0 aromatic carbocycles. The second-order valence-electron chi connectivity index (χ2n) is 11.4. The van der Waals surface area contributed by atoms with Crippen molar-refractivity contribution in [3.05, 3.63) is 12.3 Å². The molecule has 0 radical (unpaired) electrons. The summed E-state index contributed by atoms with van der Waals surface area (Å²) in [6, 6.07) is 0. The first-order valence-electron chi connectivity index (χ1n) is 12.3. The zero-order chi connectivity index (χ0) is 20.2. The van der Waals surface area contributed by atoms with E-state index in [1.165, 1.54) is 51.4 Å². The van der Waals surface area contributed by atoms with Gasteiger partial charge in [-0.2, -0.15) is 0 Å². The molecule has 1 heterocycles. The highest BCUT2D eigenvalue weighted by molar-refractivity contribution is 5.84. The minimum Gasteiger partial charge on any atom is -0.396 e. The van der Waals surface area contributed by atoms with E-state index in [1.807, 2.05) is 11.2 Å². The molecule has 8 atom stereocenters. The van der Waals surface area contributed by atoms with E-state index in [0.29, 0.717) is 30.8 Å². The van der Waals surface area contributed by atoms with E-state index in [1.54, 1.807) is 0 Å². The Kier molecular flexibility index (Phi) is 5.10. The number of nitrogens with zero attached hydrogens (tertiary/aromatic N) is 1. The third kappa shape index (κ3) is 3.04. The molecular formula is C25H40N2O2. The number of Topliss-reactive ketones (excluding diaryl/α,β-unsaturated/α-hetero) is 1. The van der Waals surface area contributed by atoms with Gasteiger partial charge in [0.1, 0.15) is 0 Å². The number of rotatable bonds is 4. The van der Waals surface area contributed by atoms with Gasteiger partial charge < -0.3 is 10.1 Å². The normalized spacial score (nSPS) is 48.9. The van der Waals surface area contributed by atoms with Crippen LogP contribution in [0.3, 0.4) is 0 Å². The van der Waals surface area contributed by atoms with Crippen LogP contribution in [0.5, 0.6) is 0 Å². The lowest BCUT2D eigenvalue weighted by Gasteiger charge is -2.61. The van der Waals surface area contributed by atoms with Crippen LogP contribution < -0.4 is 5.43 Å². The van der Waals surface area contributed by atoms with Crippen LogP contribution in [0, 0.1) is 46.3 Å². The predicted molar refractivity (Wildman–Crippen MR) is 115 cm³/mol. The molecule has 0 aromatic rings. The number of hydrazine groups is 1. The van der Waals surface area contributed by atoms with Gasteiger partial charge >= 0.3 is 0 Å². The van der Waals surface area contributed by atoms with Gasteiger partial charge in [-0.15, -0.1) is 0 Å². The minimum atomic E-state index is 0.174. The number of nitrogens with one attached hydrogen (secondary N) is 1. The van der Waals surface area contributed by atoms with Gasteiger partial charge in [0.05, 0.1) is 6.54 Å². The molecule has 4 heteroatoms. The van der Waals surface area contributed by atoms with Crippen molar-refractivity contribution in [1.82, 2.24) is 10.4 Å². The molecule has 0 aromatic heterocycles. The molecule has 1 unspecified atom stereocenters. The summed E-state index contributed by atoms with van der Waals surface area (Å²) in [6.45, 7) is 6.59. The van der Waals surface area contributed by atoms with Crippen LogP contribution in [0.15, 0.2) is 12.3 Å². The number of aliphatic hydroxyl groups is 1. The largest absolute Gasteiger partial charge is 0.396 e. The quantitative estimate of drug-likeness (QED) is 0.744. The van der Waals surface area contributed by atoms with Gasteiger partial charge in [0.2, 0.25) is 0 Å². The van der Waals surface area contributed by atoms with E-state index in [2.05, 4.69) is 25.3 Å². The molecule has 5 rings (SSSR count). The first kappa shape index (κ1) is 20.1. The molecule has 0 bridgehead atoms. The summed E-state index contributed by atoms with van der Waals surface area (Å²) in [5.74, 6) is 4.31. The molecule has 0 spiro atoms. The van der Waals surface area contributed by atoms with Crippen LogP contribution in [0.2, 0.25) is 0 Å². The van der Waals surface area contributed by atoms with Crippen molar-refractivity contribution in [3.63, 3.8) is 0 Å². The topological polar surface area (TPSA) is 52.6 Å². The Balaban J connectivity index is 1.35. The van der Waals surface area contributed by atoms with E-state index in [-0.39, 0.29) is 16.7 Å². The second-order valence-corrected chi connectivity index (χ2v) is 11.4. The molecule has 1 aliphatic heterocycles. The molecule has 29 heavy (non-hydrogen) atoms. The zero-order valence-electron chi connectivity index (χ0n) is 18.4. The summed E-state index contributed by atoms with van der Waals surface area (Å²) in [4.78, 5) is 13.2. The van der Waals surface area contributed by atoms with Crippen molar-refractivity contribution in [2.45, 2.75) is 71.6 Å². The van der Waals surface area contributed by atoms with Crippen LogP contribution in [0.25, 0.3) is 0 Å². The molecule has 4 nitrogen and oxygen atoms in total. The summed E-state index contributed by atoms with van der Waals surface area (Å²) in [6.07, 6.45) is 15.3. The third-order valence-electron chi connectivity index (χ3n) is 10.3. The SMILES string of the molecule is C[C@H]1CC[C@]2(CO)C3CC[C@]4(C)[C@@H](C(=O)CN5C=CCN5)CC[C@H]4[C@@H]3CC[C@H]2C1. The summed E-state index contributed by atoms with van der Waals surface area (Å²) in [7, 11) is 0. The molecular weight excluding hydrogens is 360 g/mol. The molecule has 4 fully saturated rings. The number of ketones is 1. The van der Waals surface area contributed by atoms with E-state index < -0.39 is 0 Å². The monoisotopic (exact) mass is 400 g/mol. The number of hydrogen-bond donors (Lipinski definition) is 2. The van der Waals surface area contributed by atoms with E-state index in [0.717, 1.165) is 30.7 Å². The Labute approximate surface area is 176 Å². The third-order valence-corrected chi connectivity index (χ3v) is 10.3. The highest BCUT2D eigenvalue weighted by Crippen LogP contribution is 2.67. The molecule has 0 saturated heterocycles. The Hall–Kier alpha value is -0.870. The molecule has 5 aliphatic rings. The first-order valence-corrected chi connectivity index (χ1v) is 12.3. The van der Waals surface area contributed by atoms with Crippen LogP contribution in [-0.4, -0.2) is 35.6 Å². The van der Waals surface area contributed by atoms with Crippen molar-refractivity contribution in [2.75, 3.05) is 19.7 Å². The lowest BCUT2D eigenvalue weighted by Crippen LogP contribution is -2.56. The van der Waals surface area contributed by atoms with Gasteiger partial charge in [-0.3, -0.25) is 4.79 Å². The summed E-state index contributed by atoms with van der Waals surface area (Å²) >= 11 is 0. The lowest BCUT2D eigenvalue weighted by atomic mass is 9.44. The van der Waals surface area contributed by atoms with Gasteiger partial charge in [-0.1, -0.05) is 26.3 Å². The van der Waals surface area contributed by atoms with Crippen LogP contribution >= 0.6 is 0 Å². The maximum atomic E-state index is 13.2. The summed E-state index contributed by atoms with van der Waals surface area (Å²) in [5, 5.41) is 12.6. The van der Waals surface area contributed by atoms with Crippen molar-refractivity contribution in [3.8, 4) is 0 Å². The number of carbonyl (C=O) groups is 1. The minimum absolute atomic E-state index is 0.174. The molecule has 0 amide bonds. The van der Waals surface area contributed by atoms with Crippen molar-refractivity contribution < 1.29 is 9.90 Å². The van der Waals surface area contributed by atoms with Crippen molar-refractivity contribution in [2.24, 2.45) is 46.3 Å². The lowest BCUT2D eigenvalue weighted by molar-refractivity contribution is -0.151. The van der Waals surface area contributed by atoms with Gasteiger partial charge in [0.15, 0.2) is 5.78 Å². The van der Waals surface area contributed by atoms with Crippen LogP contribution in [-0.2, 0) is 4.79 Å². The van der Waals surface area contributed by atoms with Crippen LogP contribution in [0.4, 0.5) is 0 Å².